The number of benzene rings is 1. The zero-order valence-electron chi connectivity index (χ0n) is 11.2. The Hall–Kier alpha value is -2.20. The fourth-order valence-electron chi connectivity index (χ4n) is 3.00. The molecule has 2 N–H and O–H groups in total. The van der Waals surface area contributed by atoms with Crippen molar-refractivity contribution < 1.29 is 0 Å². The number of nitrogens with zero attached hydrogens (tertiary/aromatic N) is 3. The second-order valence-electron chi connectivity index (χ2n) is 5.24. The molecule has 2 aromatic heterocycles. The lowest BCUT2D eigenvalue weighted by Gasteiger charge is -2.11. The first-order valence-corrected chi connectivity index (χ1v) is 7.01. The van der Waals surface area contributed by atoms with Crippen molar-refractivity contribution in [3.63, 3.8) is 0 Å². The number of aryl methyl sites for hydroxylation is 2. The minimum absolute atomic E-state index is 0.502. The molecule has 2 heterocycles. The predicted molar refractivity (Wildman–Crippen MR) is 78.8 cm³/mol. The number of nitrogens with two attached hydrogens (primary N) is 1. The average Bonchev–Trinajstić information content (AvgIpc) is 3.11. The second-order valence-corrected chi connectivity index (χ2v) is 5.24. The molecule has 0 bridgehead atoms. The van der Waals surface area contributed by atoms with Gasteiger partial charge in [0.1, 0.15) is 12.1 Å². The minimum Gasteiger partial charge on any atom is -0.326 e. The molecule has 1 aliphatic rings. The molecule has 0 radical (unpaired) electrons. The van der Waals surface area contributed by atoms with Crippen molar-refractivity contribution in [1.29, 1.82) is 0 Å². The van der Waals surface area contributed by atoms with Gasteiger partial charge in [-0.15, -0.1) is 0 Å². The average molecular weight is 264 g/mol. The topological polar surface area (TPSA) is 56.7 Å². The van der Waals surface area contributed by atoms with Gasteiger partial charge >= 0.3 is 0 Å². The third-order valence-electron chi connectivity index (χ3n) is 4.01. The Morgan fingerprint density at radius 3 is 3.00 bits per heavy atom. The Balaban J connectivity index is 1.97. The summed E-state index contributed by atoms with van der Waals surface area (Å²) in [4.78, 5) is 9.31. The molecule has 4 heteroatoms. The second kappa shape index (κ2) is 4.42. The summed E-state index contributed by atoms with van der Waals surface area (Å²) < 4.78 is 2.05. The van der Waals surface area contributed by atoms with Crippen molar-refractivity contribution in [2.45, 2.75) is 25.8 Å². The number of rotatable bonds is 2. The lowest BCUT2D eigenvalue weighted by Crippen LogP contribution is -2.08. The van der Waals surface area contributed by atoms with Gasteiger partial charge in [0.25, 0.3) is 0 Å². The predicted octanol–water partition coefficient (Wildman–Crippen LogP) is 2.37. The highest BCUT2D eigenvalue weighted by molar-refractivity contribution is 5.77. The summed E-state index contributed by atoms with van der Waals surface area (Å²) in [5, 5.41) is 0. The van der Waals surface area contributed by atoms with Gasteiger partial charge in [-0.3, -0.25) is 4.57 Å². The molecule has 100 valence electrons. The lowest BCUT2D eigenvalue weighted by atomic mass is 10.1. The molecule has 4 rings (SSSR count). The van der Waals surface area contributed by atoms with Crippen LogP contribution >= 0.6 is 0 Å². The van der Waals surface area contributed by atoms with E-state index < -0.39 is 0 Å². The molecule has 0 fully saturated rings. The molecule has 0 spiro atoms. The van der Waals surface area contributed by atoms with Gasteiger partial charge in [-0.25, -0.2) is 9.97 Å². The number of hydrogen-bond donors (Lipinski definition) is 1. The summed E-state index contributed by atoms with van der Waals surface area (Å²) in [7, 11) is 0. The van der Waals surface area contributed by atoms with E-state index in [0.29, 0.717) is 6.54 Å². The smallest absolute Gasteiger partial charge is 0.143 e. The first-order valence-electron chi connectivity index (χ1n) is 7.01. The van der Waals surface area contributed by atoms with Crippen LogP contribution in [0.5, 0.6) is 0 Å². The number of fused-ring (bicyclic) bond motifs is 2. The number of hydrogen-bond acceptors (Lipinski definition) is 3. The van der Waals surface area contributed by atoms with E-state index in [1.165, 1.54) is 17.7 Å². The Morgan fingerprint density at radius 1 is 1.20 bits per heavy atom. The van der Waals surface area contributed by atoms with Crippen LogP contribution in [0.3, 0.4) is 0 Å². The van der Waals surface area contributed by atoms with Crippen LogP contribution in [0.1, 0.15) is 23.2 Å². The molecule has 1 aromatic carbocycles. The van der Waals surface area contributed by atoms with Crippen LogP contribution in [-0.2, 0) is 19.4 Å². The normalized spacial score (nSPS) is 13.8. The monoisotopic (exact) mass is 264 g/mol. The van der Waals surface area contributed by atoms with E-state index in [-0.39, 0.29) is 0 Å². The third-order valence-corrected chi connectivity index (χ3v) is 4.01. The minimum atomic E-state index is 0.502. The van der Waals surface area contributed by atoms with Crippen LogP contribution in [0.25, 0.3) is 16.9 Å². The maximum atomic E-state index is 5.92. The first-order chi connectivity index (χ1) is 9.86. The van der Waals surface area contributed by atoms with E-state index in [2.05, 4.69) is 21.7 Å². The molecule has 0 saturated heterocycles. The molecular weight excluding hydrogens is 248 g/mol. The van der Waals surface area contributed by atoms with E-state index in [1.54, 1.807) is 0 Å². The van der Waals surface area contributed by atoms with Crippen molar-refractivity contribution in [2.75, 3.05) is 0 Å². The quantitative estimate of drug-likeness (QED) is 0.773. The highest BCUT2D eigenvalue weighted by Crippen LogP contribution is 2.26. The van der Waals surface area contributed by atoms with Gasteiger partial charge in [-0.05, 0) is 43.0 Å². The summed E-state index contributed by atoms with van der Waals surface area (Å²) >= 11 is 0. The van der Waals surface area contributed by atoms with Crippen LogP contribution in [0.15, 0.2) is 36.7 Å². The van der Waals surface area contributed by atoms with Crippen molar-refractivity contribution in [3.8, 4) is 5.82 Å². The molecule has 0 saturated carbocycles. The molecular formula is C16H16N4. The zero-order valence-corrected chi connectivity index (χ0v) is 11.2. The summed E-state index contributed by atoms with van der Waals surface area (Å²) in [5.41, 5.74) is 11.7. The molecule has 20 heavy (non-hydrogen) atoms. The fraction of sp³-hybridized carbons (Fsp3) is 0.250. The van der Waals surface area contributed by atoms with Crippen LogP contribution in [0.2, 0.25) is 0 Å². The zero-order chi connectivity index (χ0) is 13.5. The molecule has 3 aromatic rings. The summed E-state index contributed by atoms with van der Waals surface area (Å²) in [5.74, 6) is 0.932. The third kappa shape index (κ3) is 1.65. The van der Waals surface area contributed by atoms with Crippen LogP contribution in [0, 0.1) is 0 Å². The highest BCUT2D eigenvalue weighted by Gasteiger charge is 2.17. The fourth-order valence-corrected chi connectivity index (χ4v) is 3.00. The van der Waals surface area contributed by atoms with Gasteiger partial charge in [0, 0.05) is 17.8 Å². The van der Waals surface area contributed by atoms with E-state index in [4.69, 9.17) is 10.7 Å². The standard InChI is InChI=1S/C16H16N4/c17-9-12-8-11-4-3-6-13(11)19-16(12)20-10-18-14-5-1-2-7-15(14)20/h1-2,5,7-8,10H,3-4,6,9,17H2. The highest BCUT2D eigenvalue weighted by atomic mass is 15.1. The van der Waals surface area contributed by atoms with E-state index >= 15 is 0 Å². The molecule has 1 aliphatic carbocycles. The van der Waals surface area contributed by atoms with E-state index in [9.17, 15) is 0 Å². The number of imidazole rings is 1. The van der Waals surface area contributed by atoms with Crippen molar-refractivity contribution in [3.05, 3.63) is 53.5 Å². The summed E-state index contributed by atoms with van der Waals surface area (Å²) in [6.45, 7) is 0.502. The van der Waals surface area contributed by atoms with Gasteiger partial charge in [0.2, 0.25) is 0 Å². The molecule has 4 nitrogen and oxygen atoms in total. The lowest BCUT2D eigenvalue weighted by molar-refractivity contribution is 0.889. The number of para-hydroxylation sites is 2. The Labute approximate surface area is 117 Å². The van der Waals surface area contributed by atoms with Crippen LogP contribution in [0.4, 0.5) is 0 Å². The molecule has 0 atom stereocenters. The van der Waals surface area contributed by atoms with Gasteiger partial charge < -0.3 is 5.73 Å². The van der Waals surface area contributed by atoms with Gasteiger partial charge in [0.05, 0.1) is 11.0 Å². The molecule has 0 amide bonds. The van der Waals surface area contributed by atoms with Gasteiger partial charge in [0.15, 0.2) is 0 Å². The van der Waals surface area contributed by atoms with Crippen LogP contribution in [-0.4, -0.2) is 14.5 Å². The Bertz CT molecular complexity index is 788. The first kappa shape index (κ1) is 11.6. The number of aromatic nitrogens is 3. The Morgan fingerprint density at radius 2 is 2.10 bits per heavy atom. The van der Waals surface area contributed by atoms with Crippen LogP contribution < -0.4 is 5.73 Å². The SMILES string of the molecule is NCc1cc2c(nc1-n1cnc3ccccc31)CCC2. The molecule has 0 unspecified atom stereocenters. The van der Waals surface area contributed by atoms with Crippen molar-refractivity contribution >= 4 is 11.0 Å². The van der Waals surface area contributed by atoms with E-state index in [0.717, 1.165) is 35.3 Å². The summed E-state index contributed by atoms with van der Waals surface area (Å²) in [6, 6.07) is 10.3. The summed E-state index contributed by atoms with van der Waals surface area (Å²) in [6.07, 6.45) is 5.23. The van der Waals surface area contributed by atoms with Gasteiger partial charge in [-0.1, -0.05) is 12.1 Å². The molecule has 0 aliphatic heterocycles. The van der Waals surface area contributed by atoms with Crippen molar-refractivity contribution in [1.82, 2.24) is 14.5 Å². The van der Waals surface area contributed by atoms with E-state index in [1.807, 2.05) is 24.5 Å². The Kier molecular flexibility index (Phi) is 2.57. The van der Waals surface area contributed by atoms with Crippen molar-refractivity contribution in [2.24, 2.45) is 5.73 Å². The largest absolute Gasteiger partial charge is 0.326 e. The number of pyridine rings is 1. The maximum Gasteiger partial charge on any atom is 0.143 e. The van der Waals surface area contributed by atoms with Gasteiger partial charge in [-0.2, -0.15) is 0 Å². The maximum absolute atomic E-state index is 5.92.